The Morgan fingerprint density at radius 3 is 2.47 bits per heavy atom. The molecular weight excluding hydrogens is 546 g/mol. The highest BCUT2D eigenvalue weighted by Gasteiger charge is 2.17. The van der Waals surface area contributed by atoms with E-state index in [1.807, 2.05) is 54.6 Å². The first-order valence-electron chi connectivity index (χ1n) is 13.5. The molecule has 11 nitrogen and oxygen atoms in total. The van der Waals surface area contributed by atoms with Crippen LogP contribution in [-0.4, -0.2) is 38.1 Å². The van der Waals surface area contributed by atoms with E-state index >= 15 is 0 Å². The maximum atomic E-state index is 13.3. The largest absolute Gasteiger partial charge is 0.445 e. The van der Waals surface area contributed by atoms with Crippen LogP contribution in [0.1, 0.15) is 21.6 Å². The Morgan fingerprint density at radius 1 is 0.930 bits per heavy atom. The molecule has 0 aliphatic heterocycles. The molecule has 3 aromatic heterocycles. The normalized spacial score (nSPS) is 10.6. The van der Waals surface area contributed by atoms with E-state index in [9.17, 15) is 14.4 Å². The van der Waals surface area contributed by atoms with Gasteiger partial charge in [-0.15, -0.1) is 0 Å². The lowest BCUT2D eigenvalue weighted by Gasteiger charge is -2.12. The molecule has 0 saturated carbocycles. The number of alkyl carbamates (subject to hydrolysis) is 1. The third kappa shape index (κ3) is 7.27. The van der Waals surface area contributed by atoms with Crippen molar-refractivity contribution in [3.63, 3.8) is 0 Å². The standard InChI is InChI=1S/C32H29N7O4/c1-39-19-24(11-12-28(39)40)25-14-15-34-17-27(25)38-31(41)29-30(33)36-18-26(37-29)23-9-7-21(8-10-23)13-16-35-32(42)43-20-22-5-3-2-4-6-22/h2-12,14-15,17-19H,13,16,20H2,1H3,(H2,33,36)(H,35,42)(H,38,41). The number of nitrogen functional groups attached to an aromatic ring is 1. The number of carbonyl (C=O) groups is 2. The molecule has 4 N–H and O–H groups in total. The van der Waals surface area contributed by atoms with Crippen molar-refractivity contribution >= 4 is 23.5 Å². The van der Waals surface area contributed by atoms with Crippen LogP contribution in [-0.2, 0) is 24.8 Å². The van der Waals surface area contributed by atoms with Gasteiger partial charge in [0.25, 0.3) is 5.91 Å². The van der Waals surface area contributed by atoms with E-state index in [0.29, 0.717) is 29.9 Å². The van der Waals surface area contributed by atoms with Crippen LogP contribution < -0.4 is 21.9 Å². The zero-order valence-electron chi connectivity index (χ0n) is 23.4. The van der Waals surface area contributed by atoms with Crippen molar-refractivity contribution in [3.05, 3.63) is 125 Å². The van der Waals surface area contributed by atoms with E-state index in [0.717, 1.165) is 22.3 Å². The first kappa shape index (κ1) is 28.7. The van der Waals surface area contributed by atoms with Crippen LogP contribution in [0.15, 0.2) is 102 Å². The molecule has 0 spiro atoms. The Morgan fingerprint density at radius 2 is 1.70 bits per heavy atom. The number of hydrogen-bond acceptors (Lipinski definition) is 8. The molecule has 0 atom stereocenters. The molecule has 11 heteroatoms. The number of nitrogens with one attached hydrogen (secondary N) is 2. The highest BCUT2D eigenvalue weighted by molar-refractivity contribution is 6.07. The molecule has 0 aliphatic carbocycles. The van der Waals surface area contributed by atoms with Crippen LogP contribution in [0.3, 0.4) is 0 Å². The van der Waals surface area contributed by atoms with Gasteiger partial charge < -0.3 is 25.7 Å². The van der Waals surface area contributed by atoms with Crippen LogP contribution >= 0.6 is 0 Å². The topological polar surface area (TPSA) is 154 Å². The van der Waals surface area contributed by atoms with Gasteiger partial charge in [-0.2, -0.15) is 0 Å². The second-order valence-corrected chi connectivity index (χ2v) is 9.67. The summed E-state index contributed by atoms with van der Waals surface area (Å²) in [4.78, 5) is 49.9. The first-order chi connectivity index (χ1) is 20.9. The number of nitrogens with zero attached hydrogens (tertiary/aromatic N) is 4. The zero-order chi connectivity index (χ0) is 30.2. The van der Waals surface area contributed by atoms with Crippen molar-refractivity contribution in [1.82, 2.24) is 24.8 Å². The second-order valence-electron chi connectivity index (χ2n) is 9.67. The summed E-state index contributed by atoms with van der Waals surface area (Å²) >= 11 is 0. The molecule has 0 bridgehead atoms. The highest BCUT2D eigenvalue weighted by atomic mass is 16.5. The third-order valence-electron chi connectivity index (χ3n) is 6.63. The molecule has 216 valence electrons. The van der Waals surface area contributed by atoms with Gasteiger partial charge in [0.1, 0.15) is 6.61 Å². The average molecular weight is 576 g/mol. The summed E-state index contributed by atoms with van der Waals surface area (Å²) < 4.78 is 6.69. The molecule has 0 radical (unpaired) electrons. The van der Waals surface area contributed by atoms with E-state index in [1.165, 1.54) is 23.0 Å². The maximum Gasteiger partial charge on any atom is 0.407 e. The minimum absolute atomic E-state index is 0.0179. The quantitative estimate of drug-likeness (QED) is 0.236. The van der Waals surface area contributed by atoms with Crippen LogP contribution in [0.5, 0.6) is 0 Å². The van der Waals surface area contributed by atoms with Gasteiger partial charge in [0, 0.05) is 48.7 Å². The number of aromatic nitrogens is 4. The Kier molecular flexibility index (Phi) is 8.81. The molecule has 5 rings (SSSR count). The van der Waals surface area contributed by atoms with Gasteiger partial charge in [-0.05, 0) is 29.7 Å². The van der Waals surface area contributed by atoms with Crippen molar-refractivity contribution in [3.8, 4) is 22.4 Å². The lowest BCUT2D eigenvalue weighted by Crippen LogP contribution is -2.26. The van der Waals surface area contributed by atoms with Crippen molar-refractivity contribution in [2.24, 2.45) is 7.05 Å². The Bertz CT molecular complexity index is 1810. The highest BCUT2D eigenvalue weighted by Crippen LogP contribution is 2.27. The van der Waals surface area contributed by atoms with E-state index < -0.39 is 12.0 Å². The molecule has 0 aliphatic rings. The fourth-order valence-corrected chi connectivity index (χ4v) is 4.31. The lowest BCUT2D eigenvalue weighted by molar-refractivity contribution is 0.102. The Labute approximate surface area is 247 Å². The van der Waals surface area contributed by atoms with E-state index in [-0.39, 0.29) is 23.7 Å². The number of rotatable bonds is 9. The maximum absolute atomic E-state index is 13.3. The monoisotopic (exact) mass is 575 g/mol. The third-order valence-corrected chi connectivity index (χ3v) is 6.63. The van der Waals surface area contributed by atoms with Gasteiger partial charge in [0.2, 0.25) is 5.56 Å². The molecule has 0 saturated heterocycles. The molecule has 43 heavy (non-hydrogen) atoms. The van der Waals surface area contributed by atoms with Crippen molar-refractivity contribution in [1.29, 1.82) is 0 Å². The minimum Gasteiger partial charge on any atom is -0.445 e. The van der Waals surface area contributed by atoms with Crippen LogP contribution in [0.25, 0.3) is 22.4 Å². The lowest BCUT2D eigenvalue weighted by atomic mass is 10.1. The summed E-state index contributed by atoms with van der Waals surface area (Å²) in [6, 6.07) is 21.9. The van der Waals surface area contributed by atoms with Crippen molar-refractivity contribution < 1.29 is 14.3 Å². The van der Waals surface area contributed by atoms with Crippen LogP contribution in [0.4, 0.5) is 16.3 Å². The van der Waals surface area contributed by atoms with Gasteiger partial charge in [0.05, 0.1) is 23.8 Å². The number of benzene rings is 2. The van der Waals surface area contributed by atoms with Gasteiger partial charge >= 0.3 is 6.09 Å². The summed E-state index contributed by atoms with van der Waals surface area (Å²) in [5.74, 6) is -0.566. The molecule has 0 unspecified atom stereocenters. The molecule has 0 fully saturated rings. The number of carbonyl (C=O) groups excluding carboxylic acids is 2. The van der Waals surface area contributed by atoms with Crippen molar-refractivity contribution in [2.75, 3.05) is 17.6 Å². The summed E-state index contributed by atoms with van der Waals surface area (Å²) in [6.45, 7) is 0.622. The number of hydrogen-bond donors (Lipinski definition) is 3. The predicted octanol–water partition coefficient (Wildman–Crippen LogP) is 4.21. The number of ether oxygens (including phenoxy) is 1. The zero-order valence-corrected chi connectivity index (χ0v) is 23.4. The number of pyridine rings is 2. The van der Waals surface area contributed by atoms with Gasteiger partial charge in [-0.25, -0.2) is 14.8 Å². The predicted molar refractivity (Wildman–Crippen MR) is 163 cm³/mol. The first-order valence-corrected chi connectivity index (χ1v) is 13.5. The number of amides is 2. The average Bonchev–Trinajstić information content (AvgIpc) is 3.03. The second kappa shape index (κ2) is 13.2. The summed E-state index contributed by atoms with van der Waals surface area (Å²) in [7, 11) is 1.65. The van der Waals surface area contributed by atoms with Crippen molar-refractivity contribution in [2.45, 2.75) is 13.0 Å². The number of aryl methyl sites for hydroxylation is 1. The number of nitrogens with two attached hydrogens (primary N) is 1. The SMILES string of the molecule is Cn1cc(-c2ccncc2NC(=O)c2nc(-c3ccc(CCNC(=O)OCc4ccccc4)cc3)cnc2N)ccc1=O. The number of anilines is 2. The fraction of sp³-hybridized carbons (Fsp3) is 0.125. The van der Waals surface area contributed by atoms with E-state index in [2.05, 4.69) is 25.6 Å². The van der Waals surface area contributed by atoms with E-state index in [1.54, 1.807) is 31.6 Å². The molecule has 5 aromatic rings. The van der Waals surface area contributed by atoms with Gasteiger partial charge in [-0.1, -0.05) is 54.6 Å². The Hall–Kier alpha value is -5.84. The van der Waals surface area contributed by atoms with E-state index in [4.69, 9.17) is 10.5 Å². The molecule has 2 aromatic carbocycles. The Balaban J connectivity index is 1.22. The summed E-state index contributed by atoms with van der Waals surface area (Å²) in [6.07, 6.45) is 6.43. The van der Waals surface area contributed by atoms with Crippen LogP contribution in [0, 0.1) is 0 Å². The minimum atomic E-state index is -0.548. The summed E-state index contributed by atoms with van der Waals surface area (Å²) in [5, 5.41) is 5.57. The fourth-order valence-electron chi connectivity index (χ4n) is 4.31. The van der Waals surface area contributed by atoms with Crippen LogP contribution in [0.2, 0.25) is 0 Å². The smallest absolute Gasteiger partial charge is 0.407 e. The molecular formula is C32H29N7O4. The van der Waals surface area contributed by atoms with Gasteiger partial charge in [0.15, 0.2) is 11.5 Å². The molecule has 3 heterocycles. The van der Waals surface area contributed by atoms with Gasteiger partial charge in [-0.3, -0.25) is 14.6 Å². The summed E-state index contributed by atoms with van der Waals surface area (Å²) in [5.41, 5.74) is 10.8. The molecule has 2 amide bonds.